The summed E-state index contributed by atoms with van der Waals surface area (Å²) in [6, 6.07) is 0. The molecule has 1 amide bonds. The van der Waals surface area contributed by atoms with Crippen molar-refractivity contribution in [1.29, 1.82) is 5.41 Å². The van der Waals surface area contributed by atoms with Crippen LogP contribution in [0.4, 0.5) is 0 Å². The van der Waals surface area contributed by atoms with E-state index >= 15 is 0 Å². The Balaban J connectivity index is 1.99. The molecule has 0 aromatic rings. The summed E-state index contributed by atoms with van der Waals surface area (Å²) in [5.41, 5.74) is 5.36. The average molecular weight is 454 g/mol. The molecule has 11 nitrogen and oxygen atoms in total. The molecule has 0 heterocycles. The monoisotopic (exact) mass is 453 g/mol. The zero-order valence-electron chi connectivity index (χ0n) is 18.8. The van der Waals surface area contributed by atoms with Crippen molar-refractivity contribution in [2.24, 2.45) is 10.7 Å². The first-order valence-electron chi connectivity index (χ1n) is 10.9. The van der Waals surface area contributed by atoms with Crippen LogP contribution in [0.5, 0.6) is 0 Å². The normalized spacial score (nSPS) is 14.9. The third-order valence-corrected chi connectivity index (χ3v) is 4.40. The molecule has 0 fully saturated rings. The van der Waals surface area contributed by atoms with E-state index in [4.69, 9.17) is 25.4 Å². The Morgan fingerprint density at radius 3 is 2.41 bits per heavy atom. The Labute approximate surface area is 188 Å². The number of ether oxygens (including phenoxy) is 3. The van der Waals surface area contributed by atoms with E-state index in [1.165, 1.54) is 12.2 Å². The largest absolute Gasteiger partial charge is 0.391 e. The molecule has 1 rings (SSSR count). The SMILES string of the molecule is CCCOCCOCCOCCNC(=O)CCCCCN=C1C=CC([N+](=O)[O-])=C(N)C1=N. The van der Waals surface area contributed by atoms with Crippen molar-refractivity contribution < 1.29 is 23.9 Å². The second-order valence-corrected chi connectivity index (χ2v) is 7.03. The number of carbonyl (C=O) groups is 1. The van der Waals surface area contributed by atoms with Gasteiger partial charge in [-0.1, -0.05) is 13.3 Å². The van der Waals surface area contributed by atoms with Gasteiger partial charge in [0.1, 0.15) is 11.4 Å². The van der Waals surface area contributed by atoms with Crippen molar-refractivity contribution in [3.8, 4) is 0 Å². The number of hydrogen-bond donors (Lipinski definition) is 3. The number of nitrogens with zero attached hydrogens (tertiary/aromatic N) is 2. The van der Waals surface area contributed by atoms with Gasteiger partial charge in [-0.15, -0.1) is 0 Å². The molecule has 0 atom stereocenters. The van der Waals surface area contributed by atoms with Crippen molar-refractivity contribution in [2.75, 3.05) is 52.7 Å². The summed E-state index contributed by atoms with van der Waals surface area (Å²) in [6.45, 7) is 6.30. The summed E-state index contributed by atoms with van der Waals surface area (Å²) in [4.78, 5) is 26.3. The van der Waals surface area contributed by atoms with Gasteiger partial charge in [-0.25, -0.2) is 0 Å². The molecule has 0 unspecified atom stereocenters. The number of hydrogen-bond acceptors (Lipinski definition) is 9. The highest BCUT2D eigenvalue weighted by Gasteiger charge is 2.23. The molecular formula is C21H35N5O6. The second-order valence-electron chi connectivity index (χ2n) is 7.03. The lowest BCUT2D eigenvalue weighted by Crippen LogP contribution is -2.27. The summed E-state index contributed by atoms with van der Waals surface area (Å²) in [7, 11) is 0. The van der Waals surface area contributed by atoms with Gasteiger partial charge in [0.15, 0.2) is 0 Å². The zero-order chi connectivity index (χ0) is 23.6. The molecule has 1 aliphatic rings. The molecule has 0 aromatic carbocycles. The summed E-state index contributed by atoms with van der Waals surface area (Å²) in [5, 5.41) is 21.5. The highest BCUT2D eigenvalue weighted by molar-refractivity contribution is 6.51. The average Bonchev–Trinajstić information content (AvgIpc) is 2.77. The number of amides is 1. The number of nitrogens with two attached hydrogens (primary N) is 1. The topological polar surface area (TPSA) is 162 Å². The van der Waals surface area contributed by atoms with Gasteiger partial charge in [-0.05, 0) is 25.3 Å². The molecule has 32 heavy (non-hydrogen) atoms. The van der Waals surface area contributed by atoms with Gasteiger partial charge in [0.25, 0.3) is 5.70 Å². The maximum absolute atomic E-state index is 11.8. The minimum Gasteiger partial charge on any atom is -0.391 e. The quantitative estimate of drug-likeness (QED) is 0.123. The summed E-state index contributed by atoms with van der Waals surface area (Å²) >= 11 is 0. The lowest BCUT2D eigenvalue weighted by atomic mass is 10.0. The lowest BCUT2D eigenvalue weighted by Gasteiger charge is -2.09. The van der Waals surface area contributed by atoms with Gasteiger partial charge >= 0.3 is 0 Å². The second kappa shape index (κ2) is 17.0. The molecule has 0 aliphatic heterocycles. The molecule has 1 aliphatic carbocycles. The van der Waals surface area contributed by atoms with Crippen molar-refractivity contribution in [3.05, 3.63) is 33.7 Å². The molecule has 0 radical (unpaired) electrons. The van der Waals surface area contributed by atoms with Crippen LogP contribution in [-0.2, 0) is 19.0 Å². The van der Waals surface area contributed by atoms with Gasteiger partial charge in [0.05, 0.1) is 43.7 Å². The third kappa shape index (κ3) is 11.7. The molecule has 4 N–H and O–H groups in total. The molecule has 0 saturated carbocycles. The van der Waals surface area contributed by atoms with E-state index < -0.39 is 4.92 Å². The molecular weight excluding hydrogens is 418 g/mol. The molecule has 0 aromatic heterocycles. The van der Waals surface area contributed by atoms with E-state index in [0.29, 0.717) is 58.3 Å². The maximum Gasteiger partial charge on any atom is 0.294 e. The van der Waals surface area contributed by atoms with Crippen LogP contribution in [-0.4, -0.2) is 75.0 Å². The van der Waals surface area contributed by atoms with Gasteiger partial charge in [-0.2, -0.15) is 0 Å². The Hall–Kier alpha value is -2.63. The van der Waals surface area contributed by atoms with Crippen molar-refractivity contribution in [2.45, 2.75) is 39.0 Å². The highest BCUT2D eigenvalue weighted by Crippen LogP contribution is 2.12. The van der Waals surface area contributed by atoms with E-state index in [0.717, 1.165) is 32.3 Å². The van der Waals surface area contributed by atoms with Crippen LogP contribution in [0.1, 0.15) is 39.0 Å². The number of allylic oxidation sites excluding steroid dienone is 3. The van der Waals surface area contributed by atoms with Gasteiger partial charge < -0.3 is 25.3 Å². The fourth-order valence-electron chi connectivity index (χ4n) is 2.70. The Kier molecular flexibility index (Phi) is 14.5. The van der Waals surface area contributed by atoms with Gasteiger partial charge in [0, 0.05) is 32.2 Å². The highest BCUT2D eigenvalue weighted by atomic mass is 16.6. The molecule has 11 heteroatoms. The van der Waals surface area contributed by atoms with Crippen LogP contribution in [0, 0.1) is 15.5 Å². The number of unbranched alkanes of at least 4 members (excludes halogenated alkanes) is 2. The Bertz CT molecular complexity index is 705. The summed E-state index contributed by atoms with van der Waals surface area (Å²) in [5.74, 6) is -0.0218. The summed E-state index contributed by atoms with van der Waals surface area (Å²) < 4.78 is 16.1. The fourth-order valence-corrected chi connectivity index (χ4v) is 2.70. The molecule has 0 spiro atoms. The van der Waals surface area contributed by atoms with E-state index in [2.05, 4.69) is 17.2 Å². The number of nitro groups is 1. The van der Waals surface area contributed by atoms with Crippen LogP contribution in [0.2, 0.25) is 0 Å². The fraction of sp³-hybridized carbons (Fsp3) is 0.667. The third-order valence-electron chi connectivity index (χ3n) is 4.40. The molecule has 0 bridgehead atoms. The number of carbonyl (C=O) groups excluding carboxylic acids is 1. The Morgan fingerprint density at radius 2 is 1.75 bits per heavy atom. The van der Waals surface area contributed by atoms with Crippen LogP contribution in [0.3, 0.4) is 0 Å². The minimum atomic E-state index is -0.616. The first-order chi connectivity index (χ1) is 15.5. The number of rotatable bonds is 18. The first kappa shape index (κ1) is 27.4. The predicted molar refractivity (Wildman–Crippen MR) is 122 cm³/mol. The van der Waals surface area contributed by atoms with Crippen LogP contribution >= 0.6 is 0 Å². The van der Waals surface area contributed by atoms with E-state index in [-0.39, 0.29) is 23.0 Å². The number of aliphatic imine (C=N–C) groups is 1. The van der Waals surface area contributed by atoms with E-state index in [1.54, 1.807) is 0 Å². The summed E-state index contributed by atoms with van der Waals surface area (Å²) in [6.07, 6.45) is 6.40. The smallest absolute Gasteiger partial charge is 0.294 e. The van der Waals surface area contributed by atoms with Crippen LogP contribution in [0.15, 0.2) is 28.5 Å². The first-order valence-corrected chi connectivity index (χ1v) is 10.9. The zero-order valence-corrected chi connectivity index (χ0v) is 18.8. The van der Waals surface area contributed by atoms with E-state index in [9.17, 15) is 14.9 Å². The van der Waals surface area contributed by atoms with Crippen molar-refractivity contribution >= 4 is 17.3 Å². The molecule has 0 saturated heterocycles. The maximum atomic E-state index is 11.8. The minimum absolute atomic E-state index is 0.0218. The van der Waals surface area contributed by atoms with Crippen molar-refractivity contribution in [1.82, 2.24) is 5.32 Å². The number of nitrogens with one attached hydrogen (secondary N) is 2. The standard InChI is InChI=1S/C21H35N5O6/c1-2-11-30-13-15-32-16-14-31-12-10-25-19(27)6-4-3-5-9-24-17-7-8-18(26(28)29)21(23)20(17)22/h7-8,22H,2-6,9-16,23H2,1H3,(H,25,27). The molecule has 180 valence electrons. The van der Waals surface area contributed by atoms with Gasteiger partial charge in [0.2, 0.25) is 5.91 Å². The van der Waals surface area contributed by atoms with Crippen LogP contribution in [0.25, 0.3) is 0 Å². The van der Waals surface area contributed by atoms with Gasteiger partial charge in [-0.3, -0.25) is 25.3 Å². The predicted octanol–water partition coefficient (Wildman–Crippen LogP) is 1.60. The van der Waals surface area contributed by atoms with Crippen LogP contribution < -0.4 is 11.1 Å². The lowest BCUT2D eigenvalue weighted by molar-refractivity contribution is -0.419. The van der Waals surface area contributed by atoms with E-state index in [1.807, 2.05) is 0 Å². The Morgan fingerprint density at radius 1 is 1.09 bits per heavy atom. The van der Waals surface area contributed by atoms with Crippen molar-refractivity contribution in [3.63, 3.8) is 0 Å².